The van der Waals surface area contributed by atoms with Crippen LogP contribution in [0, 0.1) is 0 Å². The molecule has 4 aromatic rings. The molecule has 0 radical (unpaired) electrons. The van der Waals surface area contributed by atoms with Gasteiger partial charge < -0.3 is 14.5 Å². The van der Waals surface area contributed by atoms with Crippen LogP contribution in [0.25, 0.3) is 21.9 Å². The van der Waals surface area contributed by atoms with Crippen molar-refractivity contribution in [1.29, 1.82) is 0 Å². The van der Waals surface area contributed by atoms with Crippen molar-refractivity contribution in [3.63, 3.8) is 0 Å². The number of fused-ring (bicyclic) bond motifs is 3. The van der Waals surface area contributed by atoms with Crippen molar-refractivity contribution in [2.24, 2.45) is 0 Å². The minimum atomic E-state index is -0.218. The fraction of sp³-hybridized carbons (Fsp3) is 0.0952. The highest BCUT2D eigenvalue weighted by molar-refractivity contribution is 7.98. The van der Waals surface area contributed by atoms with Crippen molar-refractivity contribution in [2.45, 2.75) is 4.90 Å². The van der Waals surface area contributed by atoms with E-state index in [2.05, 4.69) is 5.32 Å². The van der Waals surface area contributed by atoms with E-state index in [9.17, 15) is 4.79 Å². The van der Waals surface area contributed by atoms with Crippen LogP contribution in [0.1, 0.15) is 10.4 Å². The van der Waals surface area contributed by atoms with Crippen molar-refractivity contribution in [3.8, 4) is 5.75 Å². The van der Waals surface area contributed by atoms with Crippen LogP contribution in [-0.4, -0.2) is 19.3 Å². The summed E-state index contributed by atoms with van der Waals surface area (Å²) in [5.74, 6) is 0.337. The molecule has 26 heavy (non-hydrogen) atoms. The van der Waals surface area contributed by atoms with Gasteiger partial charge in [0.15, 0.2) is 0 Å². The van der Waals surface area contributed by atoms with Crippen LogP contribution in [0.5, 0.6) is 5.75 Å². The molecule has 0 atom stereocenters. The van der Waals surface area contributed by atoms with E-state index in [4.69, 9.17) is 9.15 Å². The maximum atomic E-state index is 12.7. The number of nitrogens with one attached hydrogen (secondary N) is 1. The second kappa shape index (κ2) is 6.77. The van der Waals surface area contributed by atoms with Crippen LogP contribution in [0.3, 0.4) is 0 Å². The number of furan rings is 1. The van der Waals surface area contributed by atoms with Crippen LogP contribution in [0.4, 0.5) is 5.69 Å². The summed E-state index contributed by atoms with van der Waals surface area (Å²) in [6, 6.07) is 19.1. The van der Waals surface area contributed by atoms with Crippen LogP contribution < -0.4 is 10.1 Å². The topological polar surface area (TPSA) is 51.5 Å². The average Bonchev–Trinajstić information content (AvgIpc) is 3.05. The Balaban J connectivity index is 1.66. The number of thioether (sulfide) groups is 1. The van der Waals surface area contributed by atoms with Gasteiger partial charge in [-0.3, -0.25) is 4.79 Å². The summed E-state index contributed by atoms with van der Waals surface area (Å²) in [4.78, 5) is 13.7. The van der Waals surface area contributed by atoms with E-state index in [1.165, 1.54) is 0 Å². The van der Waals surface area contributed by atoms with Gasteiger partial charge in [0.2, 0.25) is 0 Å². The molecular weight excluding hydrogens is 346 g/mol. The molecule has 1 aromatic heterocycles. The molecule has 0 saturated heterocycles. The molecule has 5 heteroatoms. The monoisotopic (exact) mass is 363 g/mol. The number of hydrogen-bond acceptors (Lipinski definition) is 4. The number of benzene rings is 3. The molecule has 0 spiro atoms. The maximum Gasteiger partial charge on any atom is 0.259 e. The first kappa shape index (κ1) is 16.5. The van der Waals surface area contributed by atoms with Gasteiger partial charge in [-0.25, -0.2) is 0 Å². The minimum Gasteiger partial charge on any atom is -0.496 e. The molecule has 1 N–H and O–H groups in total. The fourth-order valence-electron chi connectivity index (χ4n) is 2.99. The van der Waals surface area contributed by atoms with Gasteiger partial charge in [-0.1, -0.05) is 18.2 Å². The third kappa shape index (κ3) is 2.91. The SMILES string of the molecule is COc1cc(SC)ccc1C(=O)Nc1ccc2c(c1)oc1ccccc12. The van der Waals surface area contributed by atoms with Crippen molar-refractivity contribution in [1.82, 2.24) is 0 Å². The van der Waals surface area contributed by atoms with Gasteiger partial charge >= 0.3 is 0 Å². The smallest absolute Gasteiger partial charge is 0.259 e. The Morgan fingerprint density at radius 1 is 1.00 bits per heavy atom. The van der Waals surface area contributed by atoms with E-state index in [0.29, 0.717) is 17.0 Å². The molecule has 0 saturated carbocycles. The number of anilines is 1. The molecule has 130 valence electrons. The Morgan fingerprint density at radius 2 is 1.81 bits per heavy atom. The van der Waals surface area contributed by atoms with Gasteiger partial charge in [0.25, 0.3) is 5.91 Å². The highest BCUT2D eigenvalue weighted by Crippen LogP contribution is 2.31. The number of hydrogen-bond donors (Lipinski definition) is 1. The van der Waals surface area contributed by atoms with Gasteiger partial charge in [0.05, 0.1) is 12.7 Å². The fourth-order valence-corrected chi connectivity index (χ4v) is 3.42. The van der Waals surface area contributed by atoms with Crippen LogP contribution in [0.2, 0.25) is 0 Å². The normalized spacial score (nSPS) is 11.0. The van der Waals surface area contributed by atoms with Crippen molar-refractivity contribution >= 4 is 45.3 Å². The number of carbonyl (C=O) groups is 1. The van der Waals surface area contributed by atoms with E-state index in [1.54, 1.807) is 24.9 Å². The van der Waals surface area contributed by atoms with E-state index >= 15 is 0 Å². The highest BCUT2D eigenvalue weighted by atomic mass is 32.2. The second-order valence-electron chi connectivity index (χ2n) is 5.83. The molecule has 1 heterocycles. The van der Waals surface area contributed by atoms with Crippen LogP contribution in [0.15, 0.2) is 70.0 Å². The third-order valence-electron chi connectivity index (χ3n) is 4.29. The van der Waals surface area contributed by atoms with Gasteiger partial charge in [-0.05, 0) is 42.7 Å². The lowest BCUT2D eigenvalue weighted by molar-refractivity contribution is 0.102. The molecule has 1 amide bonds. The molecule has 0 aliphatic carbocycles. The van der Waals surface area contributed by atoms with Gasteiger partial charge in [0.1, 0.15) is 16.9 Å². The molecule has 0 aliphatic heterocycles. The minimum absolute atomic E-state index is 0.218. The number of para-hydroxylation sites is 1. The van der Waals surface area contributed by atoms with Gasteiger partial charge in [-0.2, -0.15) is 0 Å². The first-order chi connectivity index (χ1) is 12.7. The summed E-state index contributed by atoms with van der Waals surface area (Å²) >= 11 is 1.60. The van der Waals surface area contributed by atoms with Gasteiger partial charge in [0, 0.05) is 27.4 Å². The van der Waals surface area contributed by atoms with Crippen molar-refractivity contribution < 1.29 is 13.9 Å². The molecule has 4 nitrogen and oxygen atoms in total. The molecule has 4 rings (SSSR count). The highest BCUT2D eigenvalue weighted by Gasteiger charge is 2.14. The summed E-state index contributed by atoms with van der Waals surface area (Å²) in [5.41, 5.74) is 2.75. The number of methoxy groups -OCH3 is 1. The summed E-state index contributed by atoms with van der Waals surface area (Å²) in [7, 11) is 1.57. The molecule has 0 unspecified atom stereocenters. The zero-order valence-electron chi connectivity index (χ0n) is 14.4. The van der Waals surface area contributed by atoms with E-state index in [-0.39, 0.29) is 5.91 Å². The Kier molecular flexibility index (Phi) is 4.31. The van der Waals surface area contributed by atoms with E-state index in [0.717, 1.165) is 26.8 Å². The summed E-state index contributed by atoms with van der Waals surface area (Å²) < 4.78 is 11.2. The quantitative estimate of drug-likeness (QED) is 0.482. The van der Waals surface area contributed by atoms with E-state index < -0.39 is 0 Å². The van der Waals surface area contributed by atoms with Gasteiger partial charge in [-0.15, -0.1) is 11.8 Å². The summed E-state index contributed by atoms with van der Waals surface area (Å²) in [5, 5.41) is 5.01. The average molecular weight is 363 g/mol. The summed E-state index contributed by atoms with van der Waals surface area (Å²) in [6.45, 7) is 0. The zero-order valence-corrected chi connectivity index (χ0v) is 15.2. The largest absolute Gasteiger partial charge is 0.496 e. The molecule has 0 fully saturated rings. The van der Waals surface area contributed by atoms with Crippen molar-refractivity contribution in [2.75, 3.05) is 18.7 Å². The van der Waals surface area contributed by atoms with Crippen LogP contribution in [-0.2, 0) is 0 Å². The third-order valence-corrected chi connectivity index (χ3v) is 5.02. The molecule has 0 bridgehead atoms. The Bertz CT molecular complexity index is 1120. The standard InChI is InChI=1S/C21H17NO3S/c1-24-19-12-14(26-2)8-10-17(19)21(23)22-13-7-9-16-15-5-3-4-6-18(15)25-20(16)11-13/h3-12H,1-2H3,(H,22,23). The second-order valence-corrected chi connectivity index (χ2v) is 6.71. The lowest BCUT2D eigenvalue weighted by atomic mass is 10.1. The lowest BCUT2D eigenvalue weighted by Gasteiger charge is -2.10. The van der Waals surface area contributed by atoms with Crippen LogP contribution >= 0.6 is 11.8 Å². The molecule has 3 aromatic carbocycles. The van der Waals surface area contributed by atoms with Crippen molar-refractivity contribution in [3.05, 3.63) is 66.2 Å². The molecule has 0 aliphatic rings. The maximum absolute atomic E-state index is 12.7. The first-order valence-corrected chi connectivity index (χ1v) is 9.37. The first-order valence-electron chi connectivity index (χ1n) is 8.14. The number of amides is 1. The van der Waals surface area contributed by atoms with E-state index in [1.807, 2.05) is 60.9 Å². The Hall–Kier alpha value is -2.92. The predicted molar refractivity (Wildman–Crippen MR) is 106 cm³/mol. The Labute approximate surface area is 155 Å². The number of rotatable bonds is 4. The predicted octanol–water partition coefficient (Wildman–Crippen LogP) is 5.57. The summed E-state index contributed by atoms with van der Waals surface area (Å²) in [6.07, 6.45) is 1.98. The number of carbonyl (C=O) groups excluding carboxylic acids is 1. The zero-order chi connectivity index (χ0) is 18.1. The number of ether oxygens (including phenoxy) is 1. The molecular formula is C21H17NO3S. The lowest BCUT2D eigenvalue weighted by Crippen LogP contribution is -2.13. The Morgan fingerprint density at radius 3 is 2.62 bits per heavy atom.